The predicted octanol–water partition coefficient (Wildman–Crippen LogP) is 6.12. The van der Waals surface area contributed by atoms with Gasteiger partial charge in [0.1, 0.15) is 5.75 Å². The Kier molecular flexibility index (Phi) is 7.77. The van der Waals surface area contributed by atoms with E-state index in [1.54, 1.807) is 0 Å². The van der Waals surface area contributed by atoms with Crippen molar-refractivity contribution in [2.75, 3.05) is 26.2 Å². The Bertz CT molecular complexity index is 703. The number of rotatable bonds is 10. The summed E-state index contributed by atoms with van der Waals surface area (Å²) in [6, 6.07) is 15.3. The highest BCUT2D eigenvalue weighted by molar-refractivity contribution is 5.73. The molecule has 0 unspecified atom stereocenters. The molecule has 0 atom stereocenters. The van der Waals surface area contributed by atoms with E-state index in [0.29, 0.717) is 0 Å². The Morgan fingerprint density at radius 2 is 1.59 bits per heavy atom. The normalized spacial score (nSPS) is 14.6. The van der Waals surface area contributed by atoms with E-state index in [-0.39, 0.29) is 0 Å². The first-order chi connectivity index (χ1) is 13.3. The summed E-state index contributed by atoms with van der Waals surface area (Å²) in [6.45, 7) is 9.17. The number of aryl methyl sites for hydroxylation is 1. The third-order valence-corrected chi connectivity index (χ3v) is 5.75. The molecule has 3 rings (SSSR count). The van der Waals surface area contributed by atoms with Crippen LogP contribution in [-0.2, 0) is 12.8 Å². The lowest BCUT2D eigenvalue weighted by Crippen LogP contribution is -2.20. The van der Waals surface area contributed by atoms with Gasteiger partial charge in [0.2, 0.25) is 0 Å². The van der Waals surface area contributed by atoms with Crippen molar-refractivity contribution in [1.29, 1.82) is 0 Å². The van der Waals surface area contributed by atoms with Crippen molar-refractivity contribution >= 4 is 0 Å². The predicted molar refractivity (Wildman–Crippen MR) is 116 cm³/mol. The summed E-state index contributed by atoms with van der Waals surface area (Å²) in [6.07, 6.45) is 8.54. The summed E-state index contributed by atoms with van der Waals surface area (Å²) in [5.74, 6) is 1.07. The summed E-state index contributed by atoms with van der Waals surface area (Å²) in [5.41, 5.74) is 5.44. The van der Waals surface area contributed by atoms with Gasteiger partial charge in [-0.3, -0.25) is 0 Å². The number of nitrogens with zero attached hydrogens (tertiary/aromatic N) is 1. The van der Waals surface area contributed by atoms with Crippen LogP contribution < -0.4 is 4.74 Å². The van der Waals surface area contributed by atoms with Gasteiger partial charge in [-0.1, -0.05) is 50.2 Å². The second-order valence-corrected chi connectivity index (χ2v) is 7.60. The van der Waals surface area contributed by atoms with E-state index < -0.39 is 0 Å². The molecule has 146 valence electrons. The molecule has 0 N–H and O–H groups in total. The number of unbranched alkanes of at least 4 members (excludes halogenated alkanes) is 2. The van der Waals surface area contributed by atoms with Crippen LogP contribution in [0.15, 0.2) is 42.5 Å². The zero-order valence-corrected chi connectivity index (χ0v) is 17.2. The Morgan fingerprint density at radius 3 is 2.37 bits per heavy atom. The third-order valence-electron chi connectivity index (χ3n) is 5.75. The van der Waals surface area contributed by atoms with Gasteiger partial charge in [-0.05, 0) is 87.3 Å². The summed E-state index contributed by atoms with van der Waals surface area (Å²) in [4.78, 5) is 2.60. The van der Waals surface area contributed by atoms with Crippen LogP contribution in [0.2, 0.25) is 0 Å². The Labute approximate surface area is 165 Å². The monoisotopic (exact) mass is 365 g/mol. The molecule has 27 heavy (non-hydrogen) atoms. The zero-order chi connectivity index (χ0) is 18.9. The highest BCUT2D eigenvalue weighted by atomic mass is 16.5. The van der Waals surface area contributed by atoms with Crippen molar-refractivity contribution < 1.29 is 4.74 Å². The molecular weight excluding hydrogens is 330 g/mol. The number of benzene rings is 2. The van der Waals surface area contributed by atoms with Crippen molar-refractivity contribution in [3.63, 3.8) is 0 Å². The molecule has 1 fully saturated rings. The highest BCUT2D eigenvalue weighted by Crippen LogP contribution is 2.33. The lowest BCUT2D eigenvalue weighted by atomic mass is 9.93. The highest BCUT2D eigenvalue weighted by Gasteiger charge is 2.12. The molecule has 0 radical (unpaired) electrons. The number of ether oxygens (including phenoxy) is 1. The maximum atomic E-state index is 6.22. The standard InChI is InChI=1S/C25H35NO/c1-3-21-13-6-7-14-23(21)24-15-12-16-25(22(24)4-2)27-20-11-5-8-17-26-18-9-10-19-26/h6-7,12-16H,3-5,8-11,17-20H2,1-2H3. The molecule has 0 amide bonds. The molecule has 0 aromatic heterocycles. The molecule has 1 aliphatic rings. The van der Waals surface area contributed by atoms with E-state index in [0.717, 1.165) is 31.6 Å². The van der Waals surface area contributed by atoms with Crippen LogP contribution in [0.3, 0.4) is 0 Å². The molecular formula is C25H35NO. The lowest BCUT2D eigenvalue weighted by molar-refractivity contribution is 0.288. The molecule has 0 aliphatic carbocycles. The quantitative estimate of drug-likeness (QED) is 0.470. The van der Waals surface area contributed by atoms with E-state index in [1.807, 2.05) is 0 Å². The Hall–Kier alpha value is -1.80. The van der Waals surface area contributed by atoms with Crippen LogP contribution >= 0.6 is 0 Å². The number of hydrogen-bond acceptors (Lipinski definition) is 2. The first kappa shape index (κ1) is 19.9. The molecule has 1 aliphatic heterocycles. The molecule has 1 saturated heterocycles. The Morgan fingerprint density at radius 1 is 0.815 bits per heavy atom. The fraction of sp³-hybridized carbons (Fsp3) is 0.520. The van der Waals surface area contributed by atoms with E-state index in [9.17, 15) is 0 Å². The van der Waals surface area contributed by atoms with Gasteiger partial charge in [0.05, 0.1) is 6.61 Å². The van der Waals surface area contributed by atoms with Gasteiger partial charge >= 0.3 is 0 Å². The average Bonchev–Trinajstić information content (AvgIpc) is 3.23. The summed E-state index contributed by atoms with van der Waals surface area (Å²) >= 11 is 0. The molecule has 1 heterocycles. The van der Waals surface area contributed by atoms with Crippen LogP contribution in [0.5, 0.6) is 5.75 Å². The van der Waals surface area contributed by atoms with Crippen molar-refractivity contribution in [2.45, 2.75) is 58.8 Å². The van der Waals surface area contributed by atoms with Crippen LogP contribution in [-0.4, -0.2) is 31.1 Å². The molecule has 0 bridgehead atoms. The summed E-state index contributed by atoms with van der Waals surface area (Å²) in [7, 11) is 0. The van der Waals surface area contributed by atoms with Gasteiger partial charge in [-0.25, -0.2) is 0 Å². The van der Waals surface area contributed by atoms with Crippen LogP contribution in [0, 0.1) is 0 Å². The van der Waals surface area contributed by atoms with E-state index in [2.05, 4.69) is 61.2 Å². The molecule has 2 aromatic rings. The van der Waals surface area contributed by atoms with Gasteiger partial charge in [0, 0.05) is 5.56 Å². The topological polar surface area (TPSA) is 12.5 Å². The van der Waals surface area contributed by atoms with Gasteiger partial charge in [0.25, 0.3) is 0 Å². The van der Waals surface area contributed by atoms with Gasteiger partial charge in [0.15, 0.2) is 0 Å². The summed E-state index contributed by atoms with van der Waals surface area (Å²) < 4.78 is 6.22. The minimum Gasteiger partial charge on any atom is -0.493 e. The van der Waals surface area contributed by atoms with E-state index >= 15 is 0 Å². The van der Waals surface area contributed by atoms with Crippen LogP contribution in [0.4, 0.5) is 0 Å². The molecule has 0 saturated carbocycles. The van der Waals surface area contributed by atoms with Crippen molar-refractivity contribution in [2.24, 2.45) is 0 Å². The molecule has 2 nitrogen and oxygen atoms in total. The number of likely N-dealkylation sites (tertiary alicyclic amines) is 1. The summed E-state index contributed by atoms with van der Waals surface area (Å²) in [5, 5.41) is 0. The van der Waals surface area contributed by atoms with Gasteiger partial charge in [-0.2, -0.15) is 0 Å². The maximum absolute atomic E-state index is 6.22. The largest absolute Gasteiger partial charge is 0.493 e. The van der Waals surface area contributed by atoms with Crippen molar-refractivity contribution in [3.8, 4) is 16.9 Å². The maximum Gasteiger partial charge on any atom is 0.123 e. The first-order valence-corrected chi connectivity index (χ1v) is 10.9. The lowest BCUT2D eigenvalue weighted by Gasteiger charge is -2.17. The van der Waals surface area contributed by atoms with Crippen LogP contribution in [0.25, 0.3) is 11.1 Å². The number of hydrogen-bond donors (Lipinski definition) is 0. The fourth-order valence-electron chi connectivity index (χ4n) is 4.21. The van der Waals surface area contributed by atoms with Gasteiger partial charge in [-0.15, -0.1) is 0 Å². The van der Waals surface area contributed by atoms with Crippen molar-refractivity contribution in [1.82, 2.24) is 4.90 Å². The SMILES string of the molecule is CCc1ccccc1-c1cccc(OCCCCCN2CCCC2)c1CC. The van der Waals surface area contributed by atoms with E-state index in [1.165, 1.54) is 67.6 Å². The molecule has 2 aromatic carbocycles. The fourth-order valence-corrected chi connectivity index (χ4v) is 4.21. The minimum absolute atomic E-state index is 0.825. The van der Waals surface area contributed by atoms with Gasteiger partial charge < -0.3 is 9.64 Å². The Balaban J connectivity index is 1.57. The zero-order valence-electron chi connectivity index (χ0n) is 17.2. The van der Waals surface area contributed by atoms with E-state index in [4.69, 9.17) is 4.74 Å². The van der Waals surface area contributed by atoms with Crippen LogP contribution in [0.1, 0.15) is 57.1 Å². The minimum atomic E-state index is 0.825. The van der Waals surface area contributed by atoms with Crippen molar-refractivity contribution in [3.05, 3.63) is 53.6 Å². The average molecular weight is 366 g/mol. The second kappa shape index (κ2) is 10.5. The third kappa shape index (κ3) is 5.35. The smallest absolute Gasteiger partial charge is 0.123 e. The first-order valence-electron chi connectivity index (χ1n) is 10.9. The molecule has 2 heteroatoms. The second-order valence-electron chi connectivity index (χ2n) is 7.60. The molecule has 0 spiro atoms.